The summed E-state index contributed by atoms with van der Waals surface area (Å²) in [6, 6.07) is 7.79. The zero-order chi connectivity index (χ0) is 23.8. The molecule has 10 nitrogen and oxygen atoms in total. The van der Waals surface area contributed by atoms with Crippen molar-refractivity contribution in [1.82, 2.24) is 29.6 Å². The molecule has 176 valence electrons. The van der Waals surface area contributed by atoms with E-state index in [9.17, 15) is 8.42 Å². The lowest BCUT2D eigenvalue weighted by Gasteiger charge is -2.17. The molecule has 0 saturated carbocycles. The Morgan fingerprint density at radius 2 is 1.91 bits per heavy atom. The average Bonchev–Trinajstić information content (AvgIpc) is 3.22. The van der Waals surface area contributed by atoms with Crippen LogP contribution in [0.2, 0.25) is 0 Å². The van der Waals surface area contributed by atoms with Gasteiger partial charge in [-0.05, 0) is 45.9 Å². The third-order valence-corrected chi connectivity index (χ3v) is 7.71. The SMILES string of the molecule is Cc1ccccc1Nc1nc(N)nc(CN(C)Cc2c(C)nn([C@H]3CCS(=O)(=O)C3)c2C)n1. The zero-order valence-electron chi connectivity index (χ0n) is 19.4. The number of nitrogen functional groups attached to an aromatic ring is 1. The van der Waals surface area contributed by atoms with Gasteiger partial charge >= 0.3 is 0 Å². The minimum absolute atomic E-state index is 0.0915. The predicted octanol–water partition coefficient (Wildman–Crippen LogP) is 2.31. The van der Waals surface area contributed by atoms with Crippen LogP contribution >= 0.6 is 0 Å². The molecule has 33 heavy (non-hydrogen) atoms. The van der Waals surface area contributed by atoms with Crippen LogP contribution in [0.1, 0.15) is 40.8 Å². The molecule has 1 fully saturated rings. The molecule has 1 saturated heterocycles. The minimum atomic E-state index is -2.97. The largest absolute Gasteiger partial charge is 0.368 e. The molecule has 1 aromatic carbocycles. The molecule has 11 heteroatoms. The monoisotopic (exact) mass is 470 g/mol. The fourth-order valence-electron chi connectivity index (χ4n) is 4.22. The molecule has 4 rings (SSSR count). The number of nitrogens with zero attached hydrogens (tertiary/aromatic N) is 6. The van der Waals surface area contributed by atoms with Crippen LogP contribution in [0.4, 0.5) is 17.6 Å². The van der Waals surface area contributed by atoms with Gasteiger partial charge < -0.3 is 11.1 Å². The fourth-order valence-corrected chi connectivity index (χ4v) is 5.91. The van der Waals surface area contributed by atoms with Crippen LogP contribution in [-0.2, 0) is 22.9 Å². The van der Waals surface area contributed by atoms with E-state index < -0.39 is 9.84 Å². The van der Waals surface area contributed by atoms with Crippen LogP contribution < -0.4 is 11.1 Å². The van der Waals surface area contributed by atoms with Crippen LogP contribution in [0.25, 0.3) is 0 Å². The summed E-state index contributed by atoms with van der Waals surface area (Å²) in [4.78, 5) is 15.1. The molecular formula is C22H30N8O2S. The molecule has 3 heterocycles. The number of benzene rings is 1. The van der Waals surface area contributed by atoms with E-state index in [1.807, 2.05) is 56.8 Å². The molecule has 0 unspecified atom stereocenters. The Kier molecular flexibility index (Phi) is 6.35. The minimum Gasteiger partial charge on any atom is -0.368 e. The number of hydrogen-bond acceptors (Lipinski definition) is 9. The van der Waals surface area contributed by atoms with E-state index in [-0.39, 0.29) is 23.5 Å². The standard InChI is InChI=1S/C22H30N8O2S/c1-14-7-5-6-8-19(14)24-22-26-20(25-21(23)27-22)12-29(4)11-18-15(2)28-30(16(18)3)17-9-10-33(31,32)13-17/h5-8,17H,9-13H2,1-4H3,(H3,23,24,25,26,27)/t17-/m0/s1. The smallest absolute Gasteiger partial charge is 0.232 e. The first-order chi connectivity index (χ1) is 15.6. The maximum atomic E-state index is 11.9. The molecule has 0 bridgehead atoms. The van der Waals surface area contributed by atoms with Crippen LogP contribution in [0, 0.1) is 20.8 Å². The number of nitrogens with one attached hydrogen (secondary N) is 1. The fraction of sp³-hybridized carbons (Fsp3) is 0.455. The van der Waals surface area contributed by atoms with Gasteiger partial charge in [-0.1, -0.05) is 18.2 Å². The summed E-state index contributed by atoms with van der Waals surface area (Å²) in [6.45, 7) is 7.06. The van der Waals surface area contributed by atoms with Crippen LogP contribution in [0.15, 0.2) is 24.3 Å². The number of hydrogen-bond donors (Lipinski definition) is 2. The van der Waals surface area contributed by atoms with Gasteiger partial charge in [-0.15, -0.1) is 0 Å². The maximum Gasteiger partial charge on any atom is 0.232 e. The molecule has 1 atom stereocenters. The number of anilines is 3. The Hall–Kier alpha value is -3.05. The highest BCUT2D eigenvalue weighted by atomic mass is 32.2. The number of nitrogens with two attached hydrogens (primary N) is 1. The van der Waals surface area contributed by atoms with E-state index in [2.05, 4.69) is 30.3 Å². The van der Waals surface area contributed by atoms with Crippen molar-refractivity contribution in [3.8, 4) is 0 Å². The van der Waals surface area contributed by atoms with Crippen molar-refractivity contribution in [2.24, 2.45) is 0 Å². The Morgan fingerprint density at radius 3 is 2.61 bits per heavy atom. The van der Waals surface area contributed by atoms with Gasteiger partial charge in [-0.2, -0.15) is 20.1 Å². The first-order valence-corrected chi connectivity index (χ1v) is 12.7. The molecule has 1 aliphatic rings. The molecule has 0 aliphatic carbocycles. The molecule has 0 spiro atoms. The van der Waals surface area contributed by atoms with E-state index in [1.54, 1.807) is 0 Å². The van der Waals surface area contributed by atoms with Gasteiger partial charge in [0.2, 0.25) is 11.9 Å². The van der Waals surface area contributed by atoms with E-state index in [0.717, 1.165) is 28.2 Å². The van der Waals surface area contributed by atoms with E-state index in [4.69, 9.17) is 5.73 Å². The number of aryl methyl sites for hydroxylation is 2. The van der Waals surface area contributed by atoms with Gasteiger partial charge in [0.15, 0.2) is 9.84 Å². The highest BCUT2D eigenvalue weighted by molar-refractivity contribution is 7.91. The number of aromatic nitrogens is 5. The van der Waals surface area contributed by atoms with Crippen molar-refractivity contribution in [3.63, 3.8) is 0 Å². The van der Waals surface area contributed by atoms with Crippen molar-refractivity contribution >= 4 is 27.4 Å². The third-order valence-electron chi connectivity index (χ3n) is 5.96. The molecule has 0 radical (unpaired) electrons. The Morgan fingerprint density at radius 1 is 1.15 bits per heavy atom. The second-order valence-electron chi connectivity index (χ2n) is 8.70. The maximum absolute atomic E-state index is 11.9. The first kappa shape index (κ1) is 23.1. The van der Waals surface area contributed by atoms with Gasteiger partial charge in [0.05, 0.1) is 29.8 Å². The normalized spacial score (nSPS) is 17.5. The molecule has 1 aliphatic heterocycles. The van der Waals surface area contributed by atoms with Gasteiger partial charge in [0, 0.05) is 23.5 Å². The molecule has 2 aromatic heterocycles. The first-order valence-electron chi connectivity index (χ1n) is 10.9. The molecule has 3 aromatic rings. The van der Waals surface area contributed by atoms with Gasteiger partial charge in [0.1, 0.15) is 5.82 Å². The lowest BCUT2D eigenvalue weighted by Crippen LogP contribution is -2.21. The summed E-state index contributed by atoms with van der Waals surface area (Å²) in [5, 5.41) is 7.87. The molecule has 0 amide bonds. The topological polar surface area (TPSA) is 132 Å². The second kappa shape index (κ2) is 9.06. The highest BCUT2D eigenvalue weighted by Gasteiger charge is 2.31. The summed E-state index contributed by atoms with van der Waals surface area (Å²) < 4.78 is 25.7. The zero-order valence-corrected chi connectivity index (χ0v) is 20.2. The van der Waals surface area contributed by atoms with Crippen molar-refractivity contribution in [3.05, 3.63) is 52.6 Å². The van der Waals surface area contributed by atoms with Crippen molar-refractivity contribution < 1.29 is 8.42 Å². The quantitative estimate of drug-likeness (QED) is 0.534. The summed E-state index contributed by atoms with van der Waals surface area (Å²) in [7, 11) is -0.996. The lowest BCUT2D eigenvalue weighted by atomic mass is 10.1. The van der Waals surface area contributed by atoms with Crippen molar-refractivity contribution in [2.75, 3.05) is 29.6 Å². The summed E-state index contributed by atoms with van der Waals surface area (Å²) in [5.74, 6) is 1.51. The number of rotatable bonds is 7. The molecule has 3 N–H and O–H groups in total. The van der Waals surface area contributed by atoms with Crippen LogP contribution in [0.5, 0.6) is 0 Å². The number of sulfone groups is 1. The van der Waals surface area contributed by atoms with Gasteiger partial charge in [0.25, 0.3) is 0 Å². The van der Waals surface area contributed by atoms with E-state index in [0.29, 0.717) is 31.3 Å². The van der Waals surface area contributed by atoms with E-state index >= 15 is 0 Å². The third kappa shape index (κ3) is 5.31. The summed E-state index contributed by atoms with van der Waals surface area (Å²) in [5.41, 5.74) is 10.9. The van der Waals surface area contributed by atoms with Crippen molar-refractivity contribution in [1.29, 1.82) is 0 Å². The van der Waals surface area contributed by atoms with Gasteiger partial charge in [-0.3, -0.25) is 9.58 Å². The second-order valence-corrected chi connectivity index (χ2v) is 10.9. The summed E-state index contributed by atoms with van der Waals surface area (Å²) in [6.07, 6.45) is 0.611. The molecular weight excluding hydrogens is 440 g/mol. The highest BCUT2D eigenvalue weighted by Crippen LogP contribution is 2.27. The Bertz CT molecular complexity index is 1270. The average molecular weight is 471 g/mol. The van der Waals surface area contributed by atoms with Crippen molar-refractivity contribution in [2.45, 2.75) is 46.3 Å². The van der Waals surface area contributed by atoms with E-state index in [1.165, 1.54) is 0 Å². The van der Waals surface area contributed by atoms with Crippen LogP contribution in [-0.4, -0.2) is 56.6 Å². The predicted molar refractivity (Wildman–Crippen MR) is 128 cm³/mol. The lowest BCUT2D eigenvalue weighted by molar-refractivity contribution is 0.309. The number of para-hydroxylation sites is 1. The Labute approximate surface area is 194 Å². The van der Waals surface area contributed by atoms with Gasteiger partial charge in [-0.25, -0.2) is 8.42 Å². The van der Waals surface area contributed by atoms with Crippen LogP contribution in [0.3, 0.4) is 0 Å². The Balaban J connectivity index is 1.48. The summed E-state index contributed by atoms with van der Waals surface area (Å²) >= 11 is 0.